The van der Waals surface area contributed by atoms with E-state index >= 15 is 0 Å². The highest BCUT2D eigenvalue weighted by Crippen LogP contribution is 2.21. The molecule has 2 heterocycles. The number of nitrogens with one attached hydrogen (secondary N) is 2. The first-order chi connectivity index (χ1) is 18.4. The van der Waals surface area contributed by atoms with E-state index in [1.807, 2.05) is 0 Å². The first-order valence-corrected chi connectivity index (χ1v) is 13.3. The Bertz CT molecular complexity index is 1050. The number of alkyl carbamates (subject to hydrolysis) is 1. The number of fused-ring (bicyclic) bond motifs is 1. The van der Waals surface area contributed by atoms with Gasteiger partial charge in [-0.2, -0.15) is 0 Å². The number of amides is 1. The number of aromatic nitrogens is 1. The zero-order valence-corrected chi connectivity index (χ0v) is 22.2. The zero-order chi connectivity index (χ0) is 27.3. The highest BCUT2D eigenvalue weighted by molar-refractivity contribution is 5.79. The molecule has 9 nitrogen and oxygen atoms in total. The first kappa shape index (κ1) is 29.3. The van der Waals surface area contributed by atoms with Gasteiger partial charge in [-0.15, -0.1) is 0 Å². The van der Waals surface area contributed by atoms with Gasteiger partial charge in [-0.3, -0.25) is 0 Å². The van der Waals surface area contributed by atoms with Gasteiger partial charge in [0.25, 0.3) is 0 Å². The van der Waals surface area contributed by atoms with Crippen LogP contribution in [0.4, 0.5) is 15.0 Å². The number of carbonyl (C=O) groups excluding carboxylic acids is 1. The van der Waals surface area contributed by atoms with E-state index in [-0.39, 0.29) is 12.0 Å². The smallest absolute Gasteiger partial charge is 0.408 e. The lowest BCUT2D eigenvalue weighted by molar-refractivity contribution is -0.139. The number of unbranched alkanes of at least 4 members (excludes halogenated alkanes) is 1. The monoisotopic (exact) mass is 530 g/mol. The third kappa shape index (κ3) is 9.25. The van der Waals surface area contributed by atoms with Gasteiger partial charge < -0.3 is 30.1 Å². The minimum absolute atomic E-state index is 0.195. The number of nitrogens with zero attached hydrogens (tertiary/aromatic N) is 2. The molecular formula is C28H39FN4O5. The SMILES string of the molecule is COCCN(CCCCc1ccc2c(n1)NCCC2)CCC(NC(=O)OC(C)c1ccccc1F)C(=O)O. The minimum Gasteiger partial charge on any atom is -0.480 e. The molecule has 2 atom stereocenters. The predicted molar refractivity (Wildman–Crippen MR) is 143 cm³/mol. The molecule has 3 rings (SSSR count). The van der Waals surface area contributed by atoms with Gasteiger partial charge in [0.05, 0.1) is 6.61 Å². The predicted octanol–water partition coefficient (Wildman–Crippen LogP) is 4.18. The van der Waals surface area contributed by atoms with Crippen LogP contribution in [0.25, 0.3) is 0 Å². The molecule has 1 aromatic carbocycles. The van der Waals surface area contributed by atoms with Crippen molar-refractivity contribution in [3.8, 4) is 0 Å². The summed E-state index contributed by atoms with van der Waals surface area (Å²) in [6, 6.07) is 9.12. The van der Waals surface area contributed by atoms with Crippen molar-refractivity contribution in [1.29, 1.82) is 0 Å². The van der Waals surface area contributed by atoms with E-state index < -0.39 is 30.0 Å². The summed E-state index contributed by atoms with van der Waals surface area (Å²) in [6.07, 6.45) is 3.39. The largest absolute Gasteiger partial charge is 0.480 e. The summed E-state index contributed by atoms with van der Waals surface area (Å²) < 4.78 is 24.4. The van der Waals surface area contributed by atoms with Crippen LogP contribution in [-0.4, -0.2) is 73.0 Å². The van der Waals surface area contributed by atoms with Crippen LogP contribution in [0.2, 0.25) is 0 Å². The number of benzene rings is 1. The molecular weight excluding hydrogens is 491 g/mol. The van der Waals surface area contributed by atoms with Gasteiger partial charge in [-0.1, -0.05) is 24.3 Å². The number of methoxy groups -OCH3 is 1. The van der Waals surface area contributed by atoms with E-state index in [4.69, 9.17) is 14.5 Å². The molecule has 10 heteroatoms. The lowest BCUT2D eigenvalue weighted by Gasteiger charge is -2.24. The summed E-state index contributed by atoms with van der Waals surface area (Å²) in [6.45, 7) is 4.91. The average Bonchev–Trinajstić information content (AvgIpc) is 2.91. The number of aliphatic carboxylic acids is 1. The Labute approximate surface area is 223 Å². The topological polar surface area (TPSA) is 113 Å². The summed E-state index contributed by atoms with van der Waals surface area (Å²) in [4.78, 5) is 31.0. The number of carboxylic acids is 1. The van der Waals surface area contributed by atoms with Crippen molar-refractivity contribution in [2.75, 3.05) is 45.2 Å². The van der Waals surface area contributed by atoms with Crippen molar-refractivity contribution >= 4 is 17.9 Å². The van der Waals surface area contributed by atoms with Crippen LogP contribution >= 0.6 is 0 Å². The second-order valence-corrected chi connectivity index (χ2v) is 9.53. The summed E-state index contributed by atoms with van der Waals surface area (Å²) in [5.74, 6) is -0.640. The number of halogens is 1. The van der Waals surface area contributed by atoms with Crippen molar-refractivity contribution in [2.24, 2.45) is 0 Å². The van der Waals surface area contributed by atoms with Crippen molar-refractivity contribution in [1.82, 2.24) is 15.2 Å². The first-order valence-electron chi connectivity index (χ1n) is 13.3. The molecule has 0 aliphatic carbocycles. The van der Waals surface area contributed by atoms with Crippen LogP contribution in [0.3, 0.4) is 0 Å². The fraction of sp³-hybridized carbons (Fsp3) is 0.536. The van der Waals surface area contributed by atoms with Crippen LogP contribution in [0.15, 0.2) is 36.4 Å². The van der Waals surface area contributed by atoms with Crippen LogP contribution in [0, 0.1) is 5.82 Å². The van der Waals surface area contributed by atoms with Gasteiger partial charge in [0.15, 0.2) is 0 Å². The zero-order valence-electron chi connectivity index (χ0n) is 22.2. The quantitative estimate of drug-likeness (QED) is 0.294. The molecule has 2 aromatic rings. The number of carboxylic acid groups (broad SMARTS) is 1. The number of aryl methyl sites for hydroxylation is 2. The normalized spacial score (nSPS) is 14.3. The number of hydrogen-bond acceptors (Lipinski definition) is 7. The van der Waals surface area contributed by atoms with Crippen molar-refractivity contribution < 1.29 is 28.6 Å². The number of carbonyl (C=O) groups is 2. The Morgan fingerprint density at radius 2 is 2.00 bits per heavy atom. The molecule has 1 amide bonds. The summed E-state index contributed by atoms with van der Waals surface area (Å²) in [5.41, 5.74) is 2.57. The van der Waals surface area contributed by atoms with E-state index in [9.17, 15) is 19.1 Å². The lowest BCUT2D eigenvalue weighted by Crippen LogP contribution is -2.44. The third-order valence-electron chi connectivity index (χ3n) is 6.67. The molecule has 0 saturated heterocycles. The van der Waals surface area contributed by atoms with Gasteiger partial charge in [-0.25, -0.2) is 19.0 Å². The van der Waals surface area contributed by atoms with Crippen LogP contribution < -0.4 is 10.6 Å². The maximum atomic E-state index is 14.0. The molecule has 0 spiro atoms. The van der Waals surface area contributed by atoms with E-state index in [0.717, 1.165) is 56.7 Å². The average molecular weight is 531 g/mol. The molecule has 208 valence electrons. The van der Waals surface area contributed by atoms with Crippen molar-refractivity contribution in [3.63, 3.8) is 0 Å². The molecule has 1 aliphatic heterocycles. The Hall–Kier alpha value is -3.24. The molecule has 0 bridgehead atoms. The molecule has 2 unspecified atom stereocenters. The molecule has 0 radical (unpaired) electrons. The summed E-state index contributed by atoms with van der Waals surface area (Å²) in [7, 11) is 1.63. The number of hydrogen-bond donors (Lipinski definition) is 3. The lowest BCUT2D eigenvalue weighted by atomic mass is 10.1. The maximum Gasteiger partial charge on any atom is 0.408 e. The van der Waals surface area contributed by atoms with Gasteiger partial charge in [0, 0.05) is 38.0 Å². The Morgan fingerprint density at radius 1 is 1.18 bits per heavy atom. The van der Waals surface area contributed by atoms with E-state index in [2.05, 4.69) is 27.7 Å². The van der Waals surface area contributed by atoms with Crippen molar-refractivity contribution in [3.05, 3.63) is 59.0 Å². The van der Waals surface area contributed by atoms with E-state index in [1.165, 1.54) is 24.6 Å². The summed E-state index contributed by atoms with van der Waals surface area (Å²) >= 11 is 0. The van der Waals surface area contributed by atoms with Crippen LogP contribution in [-0.2, 0) is 27.1 Å². The molecule has 0 fully saturated rings. The number of ether oxygens (including phenoxy) is 2. The van der Waals surface area contributed by atoms with Crippen molar-refractivity contribution in [2.45, 2.75) is 57.6 Å². The second-order valence-electron chi connectivity index (χ2n) is 9.53. The van der Waals surface area contributed by atoms with Crippen LogP contribution in [0.5, 0.6) is 0 Å². The summed E-state index contributed by atoms with van der Waals surface area (Å²) in [5, 5.41) is 15.4. The highest BCUT2D eigenvalue weighted by atomic mass is 19.1. The van der Waals surface area contributed by atoms with E-state index in [0.29, 0.717) is 19.7 Å². The van der Waals surface area contributed by atoms with Gasteiger partial charge in [0.2, 0.25) is 0 Å². The molecule has 1 aromatic heterocycles. The third-order valence-corrected chi connectivity index (χ3v) is 6.67. The number of rotatable bonds is 15. The standard InChI is InChI=1S/C28H39FN4O5/c1-20(23-10-3-4-11-24(23)29)38-28(36)32-25(27(34)35)14-17-33(18-19-37-2)16-6-5-9-22-13-12-21-8-7-15-30-26(21)31-22/h3-4,10-13,20,25H,5-9,14-19H2,1-2H3,(H,30,31)(H,32,36)(H,34,35). The second kappa shape index (κ2) is 15.2. The molecule has 0 saturated carbocycles. The maximum absolute atomic E-state index is 14.0. The molecule has 1 aliphatic rings. The molecule has 3 N–H and O–H groups in total. The highest BCUT2D eigenvalue weighted by Gasteiger charge is 2.24. The fourth-order valence-electron chi connectivity index (χ4n) is 4.48. The van der Waals surface area contributed by atoms with Gasteiger partial charge >= 0.3 is 12.1 Å². The number of anilines is 1. The Balaban J connectivity index is 1.45. The fourth-order valence-corrected chi connectivity index (χ4v) is 4.48. The number of pyridine rings is 1. The van der Waals surface area contributed by atoms with E-state index in [1.54, 1.807) is 19.2 Å². The molecule has 38 heavy (non-hydrogen) atoms. The van der Waals surface area contributed by atoms with Gasteiger partial charge in [-0.05, 0) is 69.7 Å². The van der Waals surface area contributed by atoms with Gasteiger partial charge in [0.1, 0.15) is 23.8 Å². The Morgan fingerprint density at radius 3 is 2.76 bits per heavy atom. The minimum atomic E-state index is -1.15. The van der Waals surface area contributed by atoms with Crippen LogP contribution in [0.1, 0.15) is 55.5 Å². The Kier molecular flexibility index (Phi) is 11.8.